The molecule has 0 aromatic heterocycles. The van der Waals surface area contributed by atoms with Crippen molar-refractivity contribution in [1.82, 2.24) is 9.80 Å². The summed E-state index contributed by atoms with van der Waals surface area (Å²) >= 11 is 0. The number of piperazine rings is 1. The van der Waals surface area contributed by atoms with Crippen molar-refractivity contribution in [3.05, 3.63) is 23.3 Å². The molecule has 1 aromatic carbocycles. The molecule has 36 heavy (non-hydrogen) atoms. The van der Waals surface area contributed by atoms with Crippen molar-refractivity contribution in [3.63, 3.8) is 0 Å². The molecule has 9 nitrogen and oxygen atoms in total. The third kappa shape index (κ3) is 3.92. The number of fused-ring (bicyclic) bond motifs is 5. The van der Waals surface area contributed by atoms with Gasteiger partial charge in [-0.2, -0.15) is 0 Å². The van der Waals surface area contributed by atoms with Gasteiger partial charge < -0.3 is 24.0 Å². The van der Waals surface area contributed by atoms with Gasteiger partial charge in [0.1, 0.15) is 24.1 Å². The first-order valence-electron chi connectivity index (χ1n) is 12.8. The second kappa shape index (κ2) is 9.41. The van der Waals surface area contributed by atoms with Crippen molar-refractivity contribution in [2.24, 2.45) is 5.41 Å². The number of carbonyl (C=O) groups is 4. The topological polar surface area (TPSA) is 102 Å². The van der Waals surface area contributed by atoms with Crippen LogP contribution in [0, 0.1) is 5.41 Å². The molecule has 2 unspecified atom stereocenters. The molecule has 2 bridgehead atoms. The van der Waals surface area contributed by atoms with E-state index in [9.17, 15) is 19.2 Å². The third-order valence-electron chi connectivity index (χ3n) is 8.59. The fourth-order valence-electron chi connectivity index (χ4n) is 6.76. The highest BCUT2D eigenvalue weighted by Crippen LogP contribution is 2.44. The summed E-state index contributed by atoms with van der Waals surface area (Å²) in [6.07, 6.45) is 5.30. The second-order valence-electron chi connectivity index (χ2n) is 10.5. The van der Waals surface area contributed by atoms with Crippen LogP contribution in [0.5, 0.6) is 11.5 Å². The SMILES string of the molecule is COc1cc2c(c(OC)c1)C[C@H]1C3CCCC(C(=O)N1C2)N3C(=O)C(=O)C1(COC(C)=O)CCCC1. The molecule has 4 aliphatic rings. The third-order valence-corrected chi connectivity index (χ3v) is 8.59. The quantitative estimate of drug-likeness (QED) is 0.438. The number of methoxy groups -OCH3 is 2. The Morgan fingerprint density at radius 1 is 1.03 bits per heavy atom. The summed E-state index contributed by atoms with van der Waals surface area (Å²) in [6, 6.07) is 2.67. The van der Waals surface area contributed by atoms with Crippen LogP contribution >= 0.6 is 0 Å². The summed E-state index contributed by atoms with van der Waals surface area (Å²) in [4.78, 5) is 56.2. The van der Waals surface area contributed by atoms with E-state index in [-0.39, 0.29) is 24.6 Å². The van der Waals surface area contributed by atoms with Gasteiger partial charge in [-0.1, -0.05) is 12.8 Å². The van der Waals surface area contributed by atoms with Crippen molar-refractivity contribution in [2.75, 3.05) is 20.8 Å². The van der Waals surface area contributed by atoms with Crippen molar-refractivity contribution < 1.29 is 33.4 Å². The first kappa shape index (κ1) is 24.6. The summed E-state index contributed by atoms with van der Waals surface area (Å²) < 4.78 is 16.3. The number of carbonyl (C=O) groups excluding carboxylic acids is 4. The van der Waals surface area contributed by atoms with Crippen LogP contribution in [0.3, 0.4) is 0 Å². The summed E-state index contributed by atoms with van der Waals surface area (Å²) in [5, 5.41) is 0. The molecule has 3 aliphatic heterocycles. The number of rotatable bonds is 6. The molecule has 3 heterocycles. The molecule has 0 N–H and O–H groups in total. The molecular weight excluding hydrogens is 464 g/mol. The van der Waals surface area contributed by atoms with Crippen LogP contribution in [0.25, 0.3) is 0 Å². The van der Waals surface area contributed by atoms with Gasteiger partial charge >= 0.3 is 5.97 Å². The number of benzene rings is 1. The highest BCUT2D eigenvalue weighted by Gasteiger charge is 2.55. The number of ether oxygens (including phenoxy) is 3. The molecule has 2 saturated heterocycles. The van der Waals surface area contributed by atoms with Crippen LogP contribution in [0.15, 0.2) is 12.1 Å². The molecule has 1 saturated carbocycles. The summed E-state index contributed by atoms with van der Waals surface area (Å²) in [5.74, 6) is -0.309. The lowest BCUT2D eigenvalue weighted by molar-refractivity contribution is -0.172. The Hall–Kier alpha value is -3.10. The summed E-state index contributed by atoms with van der Waals surface area (Å²) in [6.45, 7) is 1.65. The predicted molar refractivity (Wildman–Crippen MR) is 128 cm³/mol. The fourth-order valence-corrected chi connectivity index (χ4v) is 6.76. The van der Waals surface area contributed by atoms with Gasteiger partial charge in [-0.05, 0) is 50.2 Å². The zero-order valence-electron chi connectivity index (χ0n) is 21.2. The maximum Gasteiger partial charge on any atom is 0.302 e. The molecule has 1 aliphatic carbocycles. The van der Waals surface area contributed by atoms with E-state index >= 15 is 0 Å². The maximum atomic E-state index is 13.8. The van der Waals surface area contributed by atoms with Crippen LogP contribution in [0.4, 0.5) is 0 Å². The average Bonchev–Trinajstić information content (AvgIpc) is 3.38. The van der Waals surface area contributed by atoms with Gasteiger partial charge in [0.2, 0.25) is 11.7 Å². The van der Waals surface area contributed by atoms with Gasteiger partial charge in [0, 0.05) is 25.1 Å². The zero-order valence-corrected chi connectivity index (χ0v) is 21.2. The molecule has 3 fully saturated rings. The minimum atomic E-state index is -0.990. The number of nitrogens with zero attached hydrogens (tertiary/aromatic N) is 2. The molecule has 194 valence electrons. The highest BCUT2D eigenvalue weighted by atomic mass is 16.5. The molecular formula is C27H34N2O7. The van der Waals surface area contributed by atoms with Crippen LogP contribution < -0.4 is 9.47 Å². The van der Waals surface area contributed by atoms with Crippen molar-refractivity contribution >= 4 is 23.6 Å². The summed E-state index contributed by atoms with van der Waals surface area (Å²) in [5.41, 5.74) is 1.00. The van der Waals surface area contributed by atoms with Gasteiger partial charge in [-0.3, -0.25) is 19.2 Å². The number of hydrogen-bond acceptors (Lipinski definition) is 7. The first-order chi connectivity index (χ1) is 17.3. The van der Waals surface area contributed by atoms with E-state index in [1.165, 1.54) is 6.92 Å². The van der Waals surface area contributed by atoms with E-state index in [4.69, 9.17) is 14.2 Å². The molecule has 3 atom stereocenters. The lowest BCUT2D eigenvalue weighted by atomic mass is 9.77. The molecule has 0 spiro atoms. The minimum absolute atomic E-state index is 0.0774. The molecule has 5 rings (SSSR count). The van der Waals surface area contributed by atoms with Crippen molar-refractivity contribution in [2.45, 2.75) is 83.0 Å². The normalized spacial score (nSPS) is 26.1. The van der Waals surface area contributed by atoms with Gasteiger partial charge in [-0.15, -0.1) is 0 Å². The Kier molecular flexibility index (Phi) is 6.43. The predicted octanol–water partition coefficient (Wildman–Crippen LogP) is 2.41. The number of piperidine rings is 1. The second-order valence-corrected chi connectivity index (χ2v) is 10.5. The smallest absolute Gasteiger partial charge is 0.302 e. The van der Waals surface area contributed by atoms with Crippen LogP contribution in [0.1, 0.15) is 63.0 Å². The lowest BCUT2D eigenvalue weighted by Crippen LogP contribution is -2.71. The van der Waals surface area contributed by atoms with Gasteiger partial charge in [0.15, 0.2) is 0 Å². The van der Waals surface area contributed by atoms with Crippen LogP contribution in [0.2, 0.25) is 0 Å². The van der Waals surface area contributed by atoms with E-state index in [0.29, 0.717) is 43.7 Å². The van der Waals surface area contributed by atoms with E-state index in [1.54, 1.807) is 19.1 Å². The standard InChI is InChI=1S/C27H34N2O7/c1-16(30)36-15-27(9-4-5-10-27)24(31)26(33)29-20-7-6-8-21(29)25(32)28-14-17-11-18(34-2)12-23(35-3)19(17)13-22(20)28/h11-12,20-22H,4-10,13-15H2,1-3H3/t20?,21?,22-/m0/s1. The number of hydrogen-bond donors (Lipinski definition) is 0. The molecule has 1 aromatic rings. The highest BCUT2D eigenvalue weighted by molar-refractivity contribution is 6.38. The average molecular weight is 499 g/mol. The Morgan fingerprint density at radius 2 is 1.78 bits per heavy atom. The largest absolute Gasteiger partial charge is 0.497 e. The maximum absolute atomic E-state index is 13.8. The van der Waals surface area contributed by atoms with Gasteiger partial charge in [0.05, 0.1) is 31.7 Å². The minimum Gasteiger partial charge on any atom is -0.497 e. The number of esters is 1. The van der Waals surface area contributed by atoms with Gasteiger partial charge in [0.25, 0.3) is 5.91 Å². The van der Waals surface area contributed by atoms with E-state index in [0.717, 1.165) is 36.8 Å². The Labute approximate surface area is 211 Å². The molecule has 9 heteroatoms. The van der Waals surface area contributed by atoms with Crippen LogP contribution in [-0.2, 0) is 36.9 Å². The van der Waals surface area contributed by atoms with Crippen molar-refractivity contribution in [3.8, 4) is 11.5 Å². The van der Waals surface area contributed by atoms with E-state index in [2.05, 4.69) is 0 Å². The summed E-state index contributed by atoms with van der Waals surface area (Å²) in [7, 11) is 3.21. The Bertz CT molecular complexity index is 1090. The molecule has 0 radical (unpaired) electrons. The van der Waals surface area contributed by atoms with Crippen LogP contribution in [-0.4, -0.2) is 72.3 Å². The first-order valence-corrected chi connectivity index (χ1v) is 12.8. The number of amides is 2. The van der Waals surface area contributed by atoms with E-state index < -0.39 is 29.1 Å². The number of ketones is 1. The monoisotopic (exact) mass is 498 g/mol. The van der Waals surface area contributed by atoms with Gasteiger partial charge in [-0.25, -0.2) is 0 Å². The number of Topliss-reactive ketones (excluding diaryl/α,β-unsaturated/α-hetero) is 1. The lowest BCUT2D eigenvalue weighted by Gasteiger charge is -2.55. The Balaban J connectivity index is 1.47. The zero-order chi connectivity index (χ0) is 25.6. The van der Waals surface area contributed by atoms with Crippen molar-refractivity contribution in [1.29, 1.82) is 0 Å². The molecule has 2 amide bonds. The van der Waals surface area contributed by atoms with E-state index in [1.807, 2.05) is 17.0 Å². The Morgan fingerprint density at radius 3 is 2.44 bits per heavy atom. The fraction of sp³-hybridized carbons (Fsp3) is 0.630.